The van der Waals surface area contributed by atoms with Crippen LogP contribution in [0.3, 0.4) is 0 Å². The average molecular weight is 851 g/mol. The molecule has 10 N–H and O–H groups in total. The van der Waals surface area contributed by atoms with Crippen molar-refractivity contribution in [2.45, 2.75) is 184 Å². The maximum Gasteiger partial charge on any atom is 0.257 e. The highest BCUT2D eigenvalue weighted by Gasteiger charge is 2.37. The molecule has 0 spiro atoms. The molecule has 0 radical (unpaired) electrons. The van der Waals surface area contributed by atoms with Crippen LogP contribution in [0.25, 0.3) is 0 Å². The molecule has 1 aromatic rings. The summed E-state index contributed by atoms with van der Waals surface area (Å²) in [5.74, 6) is 0.128. The third kappa shape index (κ3) is 22.0. The smallest absolute Gasteiger partial charge is 0.257 e. The number of aliphatic hydroxyl groups is 9. The van der Waals surface area contributed by atoms with Crippen molar-refractivity contribution in [1.29, 1.82) is 0 Å². The van der Waals surface area contributed by atoms with Crippen molar-refractivity contribution in [3.05, 3.63) is 59.4 Å². The SMILES string of the molecule is COC1=CC(=O)N(C(=O)C=C(C)CC(C)CCCCCCCC(O)CC(O)CC(O)CC(O)CC(O)CC(O)CC(O)CC(O)CC(O)CNC=O)C1Cc1ccccc1. The lowest BCUT2D eigenvalue weighted by Gasteiger charge is -2.24. The molecular weight excluding hydrogens is 776 g/mol. The fourth-order valence-corrected chi connectivity index (χ4v) is 8.02. The Morgan fingerprint density at radius 1 is 0.700 bits per heavy atom. The van der Waals surface area contributed by atoms with Gasteiger partial charge in [0.1, 0.15) is 11.8 Å². The Balaban J connectivity index is 1.57. The van der Waals surface area contributed by atoms with Crippen LogP contribution in [0.15, 0.2) is 53.8 Å². The molecule has 2 rings (SSSR count). The molecule has 15 nitrogen and oxygen atoms in total. The fraction of sp³-hybridized carbons (Fsp3) is 0.711. The highest BCUT2D eigenvalue weighted by atomic mass is 16.5. The summed E-state index contributed by atoms with van der Waals surface area (Å²) in [6, 6.07) is 9.21. The van der Waals surface area contributed by atoms with Gasteiger partial charge in [0, 0.05) is 31.5 Å². The summed E-state index contributed by atoms with van der Waals surface area (Å²) in [4.78, 5) is 37.6. The maximum absolute atomic E-state index is 13.3. The maximum atomic E-state index is 13.3. The number of ether oxygens (including phenoxy) is 1. The molecule has 0 fully saturated rings. The number of nitrogens with zero attached hydrogens (tertiary/aromatic N) is 1. The number of carbonyl (C=O) groups is 3. The molecular formula is C45H74N2O13. The summed E-state index contributed by atoms with van der Waals surface area (Å²) >= 11 is 0. The molecule has 0 saturated heterocycles. The van der Waals surface area contributed by atoms with Crippen molar-refractivity contribution in [2.75, 3.05) is 13.7 Å². The normalized spacial score (nSPS) is 19.7. The van der Waals surface area contributed by atoms with Crippen molar-refractivity contribution in [3.8, 4) is 0 Å². The van der Waals surface area contributed by atoms with Crippen molar-refractivity contribution < 1.29 is 65.1 Å². The minimum Gasteiger partial charge on any atom is -0.499 e. The van der Waals surface area contributed by atoms with Gasteiger partial charge in [-0.15, -0.1) is 0 Å². The number of hydrogen-bond acceptors (Lipinski definition) is 13. The van der Waals surface area contributed by atoms with Crippen molar-refractivity contribution in [3.63, 3.8) is 0 Å². The van der Waals surface area contributed by atoms with E-state index in [1.165, 1.54) is 18.1 Å². The summed E-state index contributed by atoms with van der Waals surface area (Å²) in [5, 5.41) is 94.4. The predicted octanol–water partition coefficient (Wildman–Crippen LogP) is 2.31. The average Bonchev–Trinajstić information content (AvgIpc) is 3.47. The van der Waals surface area contributed by atoms with Crippen LogP contribution in [0.2, 0.25) is 0 Å². The van der Waals surface area contributed by atoms with E-state index in [1.54, 1.807) is 6.08 Å². The zero-order chi connectivity index (χ0) is 44.6. The van der Waals surface area contributed by atoms with E-state index in [0.717, 1.165) is 56.1 Å². The lowest BCUT2D eigenvalue weighted by Crippen LogP contribution is -2.41. The third-order valence-electron chi connectivity index (χ3n) is 11.0. The van der Waals surface area contributed by atoms with Crippen LogP contribution >= 0.6 is 0 Å². The number of allylic oxidation sites excluding steroid dienone is 1. The first kappa shape index (κ1) is 52.9. The molecule has 0 aliphatic carbocycles. The lowest BCUT2D eigenvalue weighted by molar-refractivity contribution is -0.139. The topological polar surface area (TPSA) is 258 Å². The zero-order valence-electron chi connectivity index (χ0n) is 35.8. The van der Waals surface area contributed by atoms with Crippen LogP contribution in [-0.2, 0) is 25.5 Å². The van der Waals surface area contributed by atoms with Gasteiger partial charge in [-0.2, -0.15) is 0 Å². The van der Waals surface area contributed by atoms with Crippen LogP contribution in [0, 0.1) is 5.92 Å². The number of carbonyl (C=O) groups excluding carboxylic acids is 3. The van der Waals surface area contributed by atoms with Crippen molar-refractivity contribution >= 4 is 18.2 Å². The number of benzene rings is 1. The van der Waals surface area contributed by atoms with Gasteiger partial charge < -0.3 is 56.0 Å². The van der Waals surface area contributed by atoms with Crippen LogP contribution < -0.4 is 5.32 Å². The monoisotopic (exact) mass is 851 g/mol. The first-order valence-corrected chi connectivity index (χ1v) is 21.6. The Kier molecular flexibility index (Phi) is 25.7. The Morgan fingerprint density at radius 2 is 1.15 bits per heavy atom. The third-order valence-corrected chi connectivity index (χ3v) is 11.0. The van der Waals surface area contributed by atoms with Gasteiger partial charge >= 0.3 is 0 Å². The molecule has 0 bridgehead atoms. The summed E-state index contributed by atoms with van der Waals surface area (Å²) in [6.07, 6.45) is 0.810. The van der Waals surface area contributed by atoms with Crippen LogP contribution in [0.1, 0.15) is 122 Å². The molecule has 1 heterocycles. The van der Waals surface area contributed by atoms with Crippen LogP contribution in [-0.4, -0.2) is 144 Å². The zero-order valence-corrected chi connectivity index (χ0v) is 35.8. The first-order chi connectivity index (χ1) is 28.5. The number of methoxy groups -OCH3 is 1. The van der Waals surface area contributed by atoms with E-state index in [4.69, 9.17) is 4.74 Å². The molecule has 15 heteroatoms. The lowest BCUT2D eigenvalue weighted by atomic mass is 9.94. The van der Waals surface area contributed by atoms with Gasteiger partial charge in [-0.25, -0.2) is 0 Å². The molecule has 11 unspecified atom stereocenters. The molecule has 0 aromatic heterocycles. The van der Waals surface area contributed by atoms with Gasteiger partial charge in [0.2, 0.25) is 6.41 Å². The van der Waals surface area contributed by atoms with Gasteiger partial charge in [0.05, 0.1) is 62.0 Å². The number of rotatable bonds is 33. The summed E-state index contributed by atoms with van der Waals surface area (Å²) < 4.78 is 5.44. The second-order valence-corrected chi connectivity index (χ2v) is 16.9. The predicted molar refractivity (Wildman–Crippen MR) is 226 cm³/mol. The van der Waals surface area contributed by atoms with E-state index in [0.29, 0.717) is 30.9 Å². The number of unbranched alkanes of at least 4 members (excludes halogenated alkanes) is 4. The molecule has 11 atom stereocenters. The van der Waals surface area contributed by atoms with Gasteiger partial charge in [0.25, 0.3) is 11.8 Å². The standard InChI is InChI=1S/C45H74N2O13/c1-30(16-31(2)17-44(58)47-42(43(60-3)27-45(47)59)18-32-13-9-7-10-14-32)12-8-5-4-6-11-15-33(49)19-34(50)20-35(51)21-36(52)22-37(53)23-38(54)24-39(55)25-40(56)26-41(57)28-46-29-48/h7,9-10,13-14,17,27,29-30,33-42,49-57H,4-6,8,11-12,15-16,18-26,28H2,1-3H3,(H,46,48). The number of amides is 3. The van der Waals surface area contributed by atoms with E-state index >= 15 is 0 Å². The number of nitrogens with one attached hydrogen (secondary N) is 1. The Labute approximate surface area is 355 Å². The highest BCUT2D eigenvalue weighted by molar-refractivity contribution is 6.08. The van der Waals surface area contributed by atoms with E-state index in [9.17, 15) is 60.3 Å². The largest absolute Gasteiger partial charge is 0.499 e. The van der Waals surface area contributed by atoms with Gasteiger partial charge in [-0.3, -0.25) is 19.3 Å². The molecule has 60 heavy (non-hydrogen) atoms. The van der Waals surface area contributed by atoms with Crippen LogP contribution in [0.4, 0.5) is 0 Å². The molecule has 0 saturated carbocycles. The fourth-order valence-electron chi connectivity index (χ4n) is 8.02. The Hall–Kier alpha value is -3.25. The van der Waals surface area contributed by atoms with E-state index in [1.807, 2.05) is 37.3 Å². The molecule has 342 valence electrons. The second kappa shape index (κ2) is 29.1. The summed E-state index contributed by atoms with van der Waals surface area (Å²) in [6.45, 7) is 4.03. The van der Waals surface area contributed by atoms with Gasteiger partial charge in [0.15, 0.2) is 0 Å². The minimum absolute atomic E-state index is 0.0426. The molecule has 1 aromatic carbocycles. The molecule has 3 amide bonds. The Morgan fingerprint density at radius 3 is 1.63 bits per heavy atom. The van der Waals surface area contributed by atoms with E-state index < -0.39 is 61.0 Å². The van der Waals surface area contributed by atoms with Crippen LogP contribution in [0.5, 0.6) is 0 Å². The summed E-state index contributed by atoms with van der Waals surface area (Å²) in [5.41, 5.74) is 1.92. The number of imide groups is 1. The van der Waals surface area contributed by atoms with E-state index in [-0.39, 0.29) is 69.7 Å². The summed E-state index contributed by atoms with van der Waals surface area (Å²) in [7, 11) is 1.51. The first-order valence-electron chi connectivity index (χ1n) is 21.6. The van der Waals surface area contributed by atoms with Gasteiger partial charge in [-0.1, -0.05) is 81.4 Å². The van der Waals surface area contributed by atoms with Crippen molar-refractivity contribution in [2.24, 2.45) is 5.92 Å². The Bertz CT molecular complexity index is 1430. The molecule has 1 aliphatic rings. The number of aliphatic hydroxyl groups excluding tert-OH is 9. The number of hydrogen-bond donors (Lipinski definition) is 10. The van der Waals surface area contributed by atoms with Crippen molar-refractivity contribution in [1.82, 2.24) is 10.2 Å². The highest BCUT2D eigenvalue weighted by Crippen LogP contribution is 2.26. The quantitative estimate of drug-likeness (QED) is 0.0277. The minimum atomic E-state index is -1.13. The molecule has 1 aliphatic heterocycles. The van der Waals surface area contributed by atoms with E-state index in [2.05, 4.69) is 12.2 Å². The van der Waals surface area contributed by atoms with Gasteiger partial charge in [-0.05, 0) is 76.2 Å². The second-order valence-electron chi connectivity index (χ2n) is 16.9.